The molecule has 0 unspecified atom stereocenters. The lowest BCUT2D eigenvalue weighted by molar-refractivity contribution is 0.612. The molecule has 2 rings (SSSR count). The molecule has 0 aromatic carbocycles. The van der Waals surface area contributed by atoms with Crippen LogP contribution in [0.2, 0.25) is 0 Å². The number of hydrogen-bond acceptors (Lipinski definition) is 0. The second kappa shape index (κ2) is 17.5. The van der Waals surface area contributed by atoms with Gasteiger partial charge in [-0.25, -0.2) is 0 Å². The fourth-order valence-corrected chi connectivity index (χ4v) is 4.24. The van der Waals surface area contributed by atoms with Gasteiger partial charge in [0.1, 0.15) is 0 Å². The lowest BCUT2D eigenvalue weighted by Gasteiger charge is -2.10. The van der Waals surface area contributed by atoms with E-state index >= 15 is 0 Å². The molecule has 0 aliphatic heterocycles. The molecule has 0 nitrogen and oxygen atoms in total. The zero-order valence-corrected chi connectivity index (χ0v) is 16.6. The van der Waals surface area contributed by atoms with Crippen LogP contribution in [0.25, 0.3) is 0 Å². The van der Waals surface area contributed by atoms with E-state index < -0.39 is 0 Å². The first-order valence-electron chi connectivity index (χ1n) is 9.24. The van der Waals surface area contributed by atoms with E-state index in [2.05, 4.69) is 34.1 Å². The molecule has 0 aromatic heterocycles. The Morgan fingerprint density at radius 1 is 0.800 bits per heavy atom. The summed E-state index contributed by atoms with van der Waals surface area (Å²) < 4.78 is 0. The van der Waals surface area contributed by atoms with Crippen molar-refractivity contribution in [3.8, 4) is 0 Å². The van der Waals surface area contributed by atoms with Crippen LogP contribution >= 0.6 is 7.92 Å². The molecule has 0 amide bonds. The predicted octanol–water partition coefficient (Wildman–Crippen LogP) is 7.56. The van der Waals surface area contributed by atoms with Gasteiger partial charge in [-0.1, -0.05) is 92.4 Å². The Kier molecular flexibility index (Phi) is 19.8. The molecule has 0 bridgehead atoms. The highest BCUT2D eigenvalue weighted by Gasteiger charge is 2.15. The molecule has 2 fully saturated rings. The van der Waals surface area contributed by atoms with Gasteiger partial charge in [0.05, 0.1) is 0 Å². The molecule has 0 radical (unpaired) electrons. The minimum Gasteiger partial charge on any atom is -0.113 e. The third-order valence-corrected chi connectivity index (χ3v) is 4.99. The summed E-state index contributed by atoms with van der Waals surface area (Å²) in [6.45, 7) is 15.4. The van der Waals surface area contributed by atoms with Crippen molar-refractivity contribution in [2.45, 2.75) is 92.4 Å². The lowest BCUT2D eigenvalue weighted by Crippen LogP contribution is -1.97. The maximum Gasteiger partial charge on any atom is -0.0302 e. The third-order valence-electron chi connectivity index (χ3n) is 3.74. The summed E-state index contributed by atoms with van der Waals surface area (Å²) in [5.41, 5.74) is 0. The van der Waals surface area contributed by atoms with Crippen molar-refractivity contribution in [3.05, 3.63) is 0 Å². The molecule has 0 spiro atoms. The average Bonchev–Trinajstić information content (AvgIpc) is 3.06. The van der Waals surface area contributed by atoms with Crippen molar-refractivity contribution in [1.82, 2.24) is 0 Å². The maximum atomic E-state index is 2.40. The molecule has 2 saturated carbocycles. The van der Waals surface area contributed by atoms with E-state index in [9.17, 15) is 0 Å². The number of rotatable bonds is 2. The fourth-order valence-electron chi connectivity index (χ4n) is 2.84. The topological polar surface area (TPSA) is 0 Å². The van der Waals surface area contributed by atoms with E-state index in [0.29, 0.717) is 7.92 Å². The van der Waals surface area contributed by atoms with E-state index in [-0.39, 0.29) is 0 Å². The van der Waals surface area contributed by atoms with Crippen LogP contribution in [0.3, 0.4) is 0 Å². The van der Waals surface area contributed by atoms with Crippen molar-refractivity contribution in [2.75, 3.05) is 19.5 Å². The van der Waals surface area contributed by atoms with Gasteiger partial charge >= 0.3 is 0 Å². The van der Waals surface area contributed by atoms with Crippen molar-refractivity contribution in [3.63, 3.8) is 0 Å². The molecule has 0 heterocycles. The molecule has 0 saturated heterocycles. The maximum absolute atomic E-state index is 2.40. The Bertz CT molecular complexity index is 153. The Balaban J connectivity index is 0. The highest BCUT2D eigenvalue weighted by Crippen LogP contribution is 2.35. The molecule has 1 heteroatoms. The first-order chi connectivity index (χ1) is 9.60. The van der Waals surface area contributed by atoms with Crippen molar-refractivity contribution >= 4 is 7.92 Å². The average molecular weight is 303 g/mol. The van der Waals surface area contributed by atoms with E-state index in [4.69, 9.17) is 0 Å². The van der Waals surface area contributed by atoms with Crippen molar-refractivity contribution < 1.29 is 0 Å². The van der Waals surface area contributed by atoms with Gasteiger partial charge in [0.2, 0.25) is 0 Å². The monoisotopic (exact) mass is 302 g/mol. The Morgan fingerprint density at radius 2 is 1.15 bits per heavy atom. The van der Waals surface area contributed by atoms with Crippen LogP contribution in [-0.4, -0.2) is 19.5 Å². The summed E-state index contributed by atoms with van der Waals surface area (Å²) in [4.78, 5) is 0. The minimum absolute atomic E-state index is 0.389. The van der Waals surface area contributed by atoms with Gasteiger partial charge in [-0.15, -0.1) is 7.92 Å². The molecule has 20 heavy (non-hydrogen) atoms. The van der Waals surface area contributed by atoms with Gasteiger partial charge in [-0.05, 0) is 31.3 Å². The van der Waals surface area contributed by atoms with Gasteiger partial charge < -0.3 is 0 Å². The quantitative estimate of drug-likeness (QED) is 0.462. The summed E-state index contributed by atoms with van der Waals surface area (Å²) in [7, 11) is 0.389. The molecule has 0 atom stereocenters. The van der Waals surface area contributed by atoms with Crippen LogP contribution in [0.5, 0.6) is 0 Å². The van der Waals surface area contributed by atoms with Crippen LogP contribution in [0.15, 0.2) is 0 Å². The fraction of sp³-hybridized carbons (Fsp3) is 1.00. The lowest BCUT2D eigenvalue weighted by atomic mass is 10.1. The Labute approximate surface area is 132 Å². The van der Waals surface area contributed by atoms with Crippen LogP contribution in [0.4, 0.5) is 0 Å². The largest absolute Gasteiger partial charge is 0.113 e. The zero-order chi connectivity index (χ0) is 15.8. The highest BCUT2D eigenvalue weighted by molar-refractivity contribution is 7.55. The minimum atomic E-state index is 0.389. The van der Waals surface area contributed by atoms with Gasteiger partial charge in [0, 0.05) is 0 Å². The third kappa shape index (κ3) is 16.5. The van der Waals surface area contributed by atoms with Crippen LogP contribution in [0, 0.1) is 11.8 Å². The highest BCUT2D eigenvalue weighted by atomic mass is 31.1. The first-order valence-corrected chi connectivity index (χ1v) is 11.7. The molecule has 2 aliphatic rings. The second-order valence-corrected chi connectivity index (χ2v) is 9.03. The molecular weight excluding hydrogens is 259 g/mol. The molecule has 0 N–H and O–H groups in total. The van der Waals surface area contributed by atoms with Crippen molar-refractivity contribution in [1.29, 1.82) is 0 Å². The standard InChI is InChI=1S/C8H17P.C6H12.C3H8.C2H6/c1-9(2)7-8-5-3-4-6-8;1-6-4-2-3-5-6;1-3-2;1-2/h8H,3-7H2,1-2H3;6H,2-5H2,1H3;3H2,1-2H3;1-2H3. The number of hydrogen-bond donors (Lipinski definition) is 0. The Morgan fingerprint density at radius 3 is 1.40 bits per heavy atom. The summed E-state index contributed by atoms with van der Waals surface area (Å²) in [6, 6.07) is 0. The van der Waals surface area contributed by atoms with Crippen LogP contribution < -0.4 is 0 Å². The van der Waals surface area contributed by atoms with E-state index in [1.54, 1.807) is 0 Å². The van der Waals surface area contributed by atoms with Crippen LogP contribution in [0.1, 0.15) is 92.4 Å². The predicted molar refractivity (Wildman–Crippen MR) is 101 cm³/mol. The van der Waals surface area contributed by atoms with Crippen molar-refractivity contribution in [2.24, 2.45) is 11.8 Å². The second-order valence-electron chi connectivity index (χ2n) is 6.51. The molecule has 0 aromatic rings. The summed E-state index contributed by atoms with van der Waals surface area (Å²) in [6.07, 6.45) is 14.8. The molecule has 124 valence electrons. The van der Waals surface area contributed by atoms with Gasteiger partial charge in [0.25, 0.3) is 0 Å². The van der Waals surface area contributed by atoms with E-state index in [0.717, 1.165) is 11.8 Å². The summed E-state index contributed by atoms with van der Waals surface area (Å²) >= 11 is 0. The van der Waals surface area contributed by atoms with Gasteiger partial charge in [-0.3, -0.25) is 0 Å². The smallest absolute Gasteiger partial charge is 0.0302 e. The van der Waals surface area contributed by atoms with E-state index in [1.165, 1.54) is 63.9 Å². The zero-order valence-electron chi connectivity index (χ0n) is 15.7. The normalized spacial score (nSPS) is 18.6. The first kappa shape index (κ1) is 22.7. The van der Waals surface area contributed by atoms with Gasteiger partial charge in [0.15, 0.2) is 0 Å². The SMILES string of the molecule is CC.CC1CCCC1.CCC.CP(C)CC1CCCC1. The molecule has 2 aliphatic carbocycles. The Hall–Kier alpha value is 0.430. The molecular formula is C19H43P. The van der Waals surface area contributed by atoms with Crippen LogP contribution in [-0.2, 0) is 0 Å². The summed E-state index contributed by atoms with van der Waals surface area (Å²) in [5.74, 6) is 2.16. The van der Waals surface area contributed by atoms with Gasteiger partial charge in [-0.2, -0.15) is 0 Å². The summed E-state index contributed by atoms with van der Waals surface area (Å²) in [5, 5.41) is 0. The van der Waals surface area contributed by atoms with E-state index in [1.807, 2.05) is 13.8 Å².